The Labute approximate surface area is 176 Å². The monoisotopic (exact) mass is 418 g/mol. The molecule has 0 fully saturated rings. The van der Waals surface area contributed by atoms with E-state index in [-0.39, 0.29) is 12.5 Å². The molecule has 0 aliphatic carbocycles. The van der Waals surface area contributed by atoms with Gasteiger partial charge in [0.2, 0.25) is 0 Å². The van der Waals surface area contributed by atoms with Crippen molar-refractivity contribution in [1.82, 2.24) is 4.90 Å². The summed E-state index contributed by atoms with van der Waals surface area (Å²) < 4.78 is 5.02. The number of likely N-dealkylation sites (N-methyl/N-ethyl adjacent to an activating group) is 2. The summed E-state index contributed by atoms with van der Waals surface area (Å²) in [6.07, 6.45) is -0.610. The minimum atomic E-state index is -0.610. The quantitative estimate of drug-likeness (QED) is 0.673. The van der Waals surface area contributed by atoms with Crippen LogP contribution in [0.5, 0.6) is 0 Å². The van der Waals surface area contributed by atoms with E-state index < -0.39 is 6.09 Å². The van der Waals surface area contributed by atoms with Crippen molar-refractivity contribution in [1.29, 1.82) is 0 Å². The molecule has 0 aromatic heterocycles. The predicted molar refractivity (Wildman–Crippen MR) is 118 cm³/mol. The maximum Gasteiger partial charge on any atom is 0.411 e. The normalized spacial score (nSPS) is 10.6. The van der Waals surface area contributed by atoms with Gasteiger partial charge in [0.05, 0.1) is 23.5 Å². The third-order valence-electron chi connectivity index (χ3n) is 4.19. The average molecular weight is 419 g/mol. The van der Waals surface area contributed by atoms with Crippen molar-refractivity contribution in [3.8, 4) is 0 Å². The molecule has 0 radical (unpaired) electrons. The number of anilines is 3. The van der Waals surface area contributed by atoms with Crippen LogP contribution in [-0.4, -0.2) is 57.7 Å². The first-order valence-corrected chi connectivity index (χ1v) is 9.69. The molecule has 156 valence electrons. The number of benzene rings is 2. The van der Waals surface area contributed by atoms with Crippen LogP contribution in [-0.2, 0) is 4.74 Å². The van der Waals surface area contributed by atoms with Crippen molar-refractivity contribution < 1.29 is 14.3 Å². The zero-order valence-electron chi connectivity index (χ0n) is 17.2. The lowest BCUT2D eigenvalue weighted by Crippen LogP contribution is -2.30. The standard InChI is InChI=1S/C21H27ClN4O3/c1-5-29-21(28)24-19-17(20(27)23-16-11-9-15(22)10-12-16)7-6-8-18(19)26(4)14-13-25(2)3/h6-12H,5,13-14H2,1-4H3,(H,23,27)(H,24,28). The fourth-order valence-electron chi connectivity index (χ4n) is 2.65. The predicted octanol–water partition coefficient (Wildman–Crippen LogP) is 4.16. The summed E-state index contributed by atoms with van der Waals surface area (Å²) in [6.45, 7) is 3.49. The molecule has 29 heavy (non-hydrogen) atoms. The molecule has 2 N–H and O–H groups in total. The second-order valence-corrected chi connectivity index (χ2v) is 7.17. The van der Waals surface area contributed by atoms with Gasteiger partial charge < -0.3 is 19.9 Å². The van der Waals surface area contributed by atoms with Gasteiger partial charge in [0.25, 0.3) is 5.91 Å². The maximum absolute atomic E-state index is 12.9. The van der Waals surface area contributed by atoms with E-state index >= 15 is 0 Å². The van der Waals surface area contributed by atoms with Gasteiger partial charge in [-0.2, -0.15) is 0 Å². The van der Waals surface area contributed by atoms with E-state index in [1.54, 1.807) is 43.3 Å². The molecule has 0 atom stereocenters. The zero-order valence-corrected chi connectivity index (χ0v) is 17.9. The first-order valence-electron chi connectivity index (χ1n) is 9.31. The summed E-state index contributed by atoms with van der Waals surface area (Å²) in [6, 6.07) is 12.1. The topological polar surface area (TPSA) is 73.9 Å². The number of ether oxygens (including phenoxy) is 1. The Morgan fingerprint density at radius 2 is 1.69 bits per heavy atom. The molecule has 0 heterocycles. The summed E-state index contributed by atoms with van der Waals surface area (Å²) in [5.74, 6) is -0.345. The first-order chi connectivity index (χ1) is 13.8. The van der Waals surface area contributed by atoms with Gasteiger partial charge >= 0.3 is 6.09 Å². The van der Waals surface area contributed by atoms with Crippen molar-refractivity contribution >= 4 is 40.7 Å². The van der Waals surface area contributed by atoms with Crippen molar-refractivity contribution in [2.45, 2.75) is 6.92 Å². The Hall–Kier alpha value is -2.77. The molecule has 0 saturated carbocycles. The molecule has 2 aromatic carbocycles. The van der Waals surface area contributed by atoms with Gasteiger partial charge in [0.15, 0.2) is 0 Å². The van der Waals surface area contributed by atoms with E-state index in [9.17, 15) is 9.59 Å². The summed E-state index contributed by atoms with van der Waals surface area (Å²) in [5, 5.41) is 6.14. The van der Waals surface area contributed by atoms with E-state index in [1.165, 1.54) is 0 Å². The third-order valence-corrected chi connectivity index (χ3v) is 4.44. The molecule has 0 aliphatic heterocycles. The molecule has 7 nitrogen and oxygen atoms in total. The minimum Gasteiger partial charge on any atom is -0.450 e. The Bertz CT molecular complexity index is 840. The van der Waals surface area contributed by atoms with Gasteiger partial charge in [-0.05, 0) is 57.4 Å². The highest BCUT2D eigenvalue weighted by Crippen LogP contribution is 2.30. The van der Waals surface area contributed by atoms with Crippen LogP contribution in [0.15, 0.2) is 42.5 Å². The smallest absolute Gasteiger partial charge is 0.411 e. The van der Waals surface area contributed by atoms with Crippen LogP contribution < -0.4 is 15.5 Å². The number of nitrogens with zero attached hydrogens (tertiary/aromatic N) is 2. The maximum atomic E-state index is 12.9. The molecule has 0 bridgehead atoms. The van der Waals surface area contributed by atoms with Crippen LogP contribution in [0, 0.1) is 0 Å². The number of rotatable bonds is 8. The summed E-state index contributed by atoms with van der Waals surface area (Å²) >= 11 is 5.90. The number of amides is 2. The number of carbonyl (C=O) groups excluding carboxylic acids is 2. The highest BCUT2D eigenvalue weighted by Gasteiger charge is 2.20. The lowest BCUT2D eigenvalue weighted by molar-refractivity contribution is 0.102. The van der Waals surface area contributed by atoms with Crippen molar-refractivity contribution in [2.24, 2.45) is 0 Å². The fraction of sp³-hybridized carbons (Fsp3) is 0.333. The van der Waals surface area contributed by atoms with Crippen molar-refractivity contribution in [2.75, 3.05) is 56.4 Å². The zero-order chi connectivity index (χ0) is 21.4. The lowest BCUT2D eigenvalue weighted by atomic mass is 10.1. The Kier molecular flexibility index (Phi) is 8.30. The number of halogens is 1. The Morgan fingerprint density at radius 3 is 2.31 bits per heavy atom. The number of carbonyl (C=O) groups is 2. The van der Waals surface area contributed by atoms with E-state index in [0.29, 0.717) is 28.5 Å². The van der Waals surface area contributed by atoms with Gasteiger partial charge in [-0.15, -0.1) is 0 Å². The van der Waals surface area contributed by atoms with Crippen molar-refractivity contribution in [3.05, 3.63) is 53.1 Å². The summed E-state index contributed by atoms with van der Waals surface area (Å²) in [4.78, 5) is 29.1. The largest absolute Gasteiger partial charge is 0.450 e. The van der Waals surface area contributed by atoms with Crippen LogP contribution >= 0.6 is 11.6 Å². The Morgan fingerprint density at radius 1 is 1.00 bits per heavy atom. The molecule has 0 unspecified atom stereocenters. The van der Waals surface area contributed by atoms with Gasteiger partial charge in [-0.3, -0.25) is 10.1 Å². The van der Waals surface area contributed by atoms with Gasteiger partial charge in [-0.25, -0.2) is 4.79 Å². The van der Waals surface area contributed by atoms with Crippen LogP contribution in [0.1, 0.15) is 17.3 Å². The van der Waals surface area contributed by atoms with E-state index in [2.05, 4.69) is 15.5 Å². The van der Waals surface area contributed by atoms with Gasteiger partial charge in [0.1, 0.15) is 0 Å². The highest BCUT2D eigenvalue weighted by atomic mass is 35.5. The first kappa shape index (κ1) is 22.5. The number of para-hydroxylation sites is 1. The molecule has 2 aromatic rings. The molecular weight excluding hydrogens is 392 g/mol. The highest BCUT2D eigenvalue weighted by molar-refractivity contribution is 6.30. The van der Waals surface area contributed by atoms with Crippen LogP contribution in [0.3, 0.4) is 0 Å². The Balaban J connectivity index is 2.35. The number of hydrogen-bond acceptors (Lipinski definition) is 5. The third kappa shape index (κ3) is 6.66. The van der Waals surface area contributed by atoms with E-state index in [0.717, 1.165) is 12.2 Å². The molecule has 0 saturated heterocycles. The lowest BCUT2D eigenvalue weighted by Gasteiger charge is -2.25. The SMILES string of the molecule is CCOC(=O)Nc1c(C(=O)Nc2ccc(Cl)cc2)cccc1N(C)CCN(C)C. The summed E-state index contributed by atoms with van der Waals surface area (Å²) in [5.41, 5.74) is 2.07. The van der Waals surface area contributed by atoms with Crippen molar-refractivity contribution in [3.63, 3.8) is 0 Å². The molecule has 2 amide bonds. The molecule has 0 aliphatic rings. The van der Waals surface area contributed by atoms with Crippen LogP contribution in [0.4, 0.5) is 21.9 Å². The number of hydrogen-bond donors (Lipinski definition) is 2. The second-order valence-electron chi connectivity index (χ2n) is 6.73. The fourth-order valence-corrected chi connectivity index (χ4v) is 2.78. The van der Waals surface area contributed by atoms with Gasteiger partial charge in [0, 0.05) is 30.8 Å². The van der Waals surface area contributed by atoms with Crippen LogP contribution in [0.2, 0.25) is 5.02 Å². The molecule has 0 spiro atoms. The van der Waals surface area contributed by atoms with E-state index in [1.807, 2.05) is 32.1 Å². The second kappa shape index (κ2) is 10.7. The molecule has 2 rings (SSSR count). The minimum absolute atomic E-state index is 0.233. The summed E-state index contributed by atoms with van der Waals surface area (Å²) in [7, 11) is 5.89. The van der Waals surface area contributed by atoms with E-state index in [4.69, 9.17) is 16.3 Å². The average Bonchev–Trinajstić information content (AvgIpc) is 2.68. The van der Waals surface area contributed by atoms with Gasteiger partial charge in [-0.1, -0.05) is 17.7 Å². The van der Waals surface area contributed by atoms with Crippen LogP contribution in [0.25, 0.3) is 0 Å². The molecule has 8 heteroatoms. The molecular formula is C21H27ClN4O3. The number of nitrogens with one attached hydrogen (secondary N) is 2.